The lowest BCUT2D eigenvalue weighted by molar-refractivity contribution is 0.0576. The first-order valence-corrected chi connectivity index (χ1v) is 11.5. The molecule has 3 aromatic carbocycles. The summed E-state index contributed by atoms with van der Waals surface area (Å²) in [4.78, 5) is 28.3. The minimum Gasteiger partial charge on any atom is -0.493 e. The van der Waals surface area contributed by atoms with Crippen LogP contribution in [0.15, 0.2) is 60.8 Å². The maximum absolute atomic E-state index is 12.2. The normalized spacial score (nSPS) is 12.7. The molecule has 9 heteroatoms. The summed E-state index contributed by atoms with van der Waals surface area (Å²) >= 11 is 0. The summed E-state index contributed by atoms with van der Waals surface area (Å²) < 4.78 is 22.4. The first-order valence-electron chi connectivity index (χ1n) is 11.5. The molecule has 1 saturated carbocycles. The lowest BCUT2D eigenvalue weighted by Gasteiger charge is -2.14. The number of alkyl carbamates (subject to hydrolysis) is 1. The fourth-order valence-electron chi connectivity index (χ4n) is 3.86. The van der Waals surface area contributed by atoms with Gasteiger partial charge in [0.2, 0.25) is 6.79 Å². The summed E-state index contributed by atoms with van der Waals surface area (Å²) in [5.74, 6) is 1.88. The maximum Gasteiger partial charge on any atom is 0.410 e. The Kier molecular flexibility index (Phi) is 6.44. The SMILES string of the molecule is CNC(=O)c1cccc2cc(Oc3ccnc4cc(OCOC(=O)NC5CC5)c(OC)cc34)ccc12. The van der Waals surface area contributed by atoms with Crippen LogP contribution in [0.1, 0.15) is 23.2 Å². The van der Waals surface area contributed by atoms with Crippen LogP contribution in [0.2, 0.25) is 0 Å². The van der Waals surface area contributed by atoms with Gasteiger partial charge in [-0.15, -0.1) is 0 Å². The molecular formula is C27H25N3O6. The van der Waals surface area contributed by atoms with Crippen molar-refractivity contribution in [2.45, 2.75) is 18.9 Å². The third kappa shape index (κ3) is 4.95. The van der Waals surface area contributed by atoms with E-state index in [-0.39, 0.29) is 18.7 Å². The number of hydrogen-bond donors (Lipinski definition) is 2. The Balaban J connectivity index is 1.38. The van der Waals surface area contributed by atoms with Crippen LogP contribution in [0, 0.1) is 0 Å². The number of aromatic nitrogens is 1. The molecular weight excluding hydrogens is 462 g/mol. The van der Waals surface area contributed by atoms with E-state index in [1.165, 1.54) is 7.11 Å². The van der Waals surface area contributed by atoms with Gasteiger partial charge in [0.1, 0.15) is 11.5 Å². The van der Waals surface area contributed by atoms with E-state index in [0.29, 0.717) is 39.5 Å². The van der Waals surface area contributed by atoms with Crippen LogP contribution in [-0.4, -0.2) is 44.0 Å². The van der Waals surface area contributed by atoms with Gasteiger partial charge in [-0.2, -0.15) is 0 Å². The molecule has 1 heterocycles. The van der Waals surface area contributed by atoms with Gasteiger partial charge >= 0.3 is 6.09 Å². The smallest absolute Gasteiger partial charge is 0.410 e. The molecule has 0 bridgehead atoms. The van der Waals surface area contributed by atoms with Crippen LogP contribution in [0.5, 0.6) is 23.0 Å². The zero-order valence-electron chi connectivity index (χ0n) is 19.9. The van der Waals surface area contributed by atoms with E-state index < -0.39 is 6.09 Å². The summed E-state index contributed by atoms with van der Waals surface area (Å²) in [5, 5.41) is 7.82. The molecule has 1 fully saturated rings. The number of carbonyl (C=O) groups excluding carboxylic acids is 2. The standard InChI is InChI=1S/C27H25N3O6/c1-28-26(31)20-5-3-4-16-12-18(8-9-19(16)20)36-23-10-11-29-22-14-25(24(33-2)13-21(22)23)34-15-35-27(32)30-17-6-7-17/h3-5,8-14,17H,6-7,15H2,1-2H3,(H,28,31)(H,30,32). The summed E-state index contributed by atoms with van der Waals surface area (Å²) in [7, 11) is 3.13. The van der Waals surface area contributed by atoms with Crippen molar-refractivity contribution in [3.05, 3.63) is 66.4 Å². The lowest BCUT2D eigenvalue weighted by atomic mass is 10.0. The number of amides is 2. The van der Waals surface area contributed by atoms with Crippen molar-refractivity contribution in [1.82, 2.24) is 15.6 Å². The Labute approximate surface area is 207 Å². The van der Waals surface area contributed by atoms with Gasteiger partial charge in [-0.3, -0.25) is 9.78 Å². The highest BCUT2D eigenvalue weighted by atomic mass is 16.7. The van der Waals surface area contributed by atoms with Gasteiger partial charge < -0.3 is 29.6 Å². The number of carbonyl (C=O) groups is 2. The van der Waals surface area contributed by atoms with E-state index >= 15 is 0 Å². The molecule has 9 nitrogen and oxygen atoms in total. The molecule has 184 valence electrons. The van der Waals surface area contributed by atoms with E-state index in [1.807, 2.05) is 30.3 Å². The molecule has 2 N–H and O–H groups in total. The largest absolute Gasteiger partial charge is 0.493 e. The number of hydrogen-bond acceptors (Lipinski definition) is 7. The van der Waals surface area contributed by atoms with E-state index in [9.17, 15) is 9.59 Å². The Bertz CT molecular complexity index is 1450. The van der Waals surface area contributed by atoms with Gasteiger partial charge in [0.15, 0.2) is 11.5 Å². The second-order valence-electron chi connectivity index (χ2n) is 8.31. The molecule has 1 aliphatic carbocycles. The Hall–Kier alpha value is -4.53. The van der Waals surface area contributed by atoms with E-state index in [1.54, 1.807) is 37.5 Å². The second-order valence-corrected chi connectivity index (χ2v) is 8.31. The maximum atomic E-state index is 12.2. The van der Waals surface area contributed by atoms with Crippen molar-refractivity contribution >= 4 is 33.7 Å². The van der Waals surface area contributed by atoms with Crippen LogP contribution in [0.4, 0.5) is 4.79 Å². The van der Waals surface area contributed by atoms with Crippen LogP contribution >= 0.6 is 0 Å². The lowest BCUT2D eigenvalue weighted by Crippen LogP contribution is -2.27. The Morgan fingerprint density at radius 1 is 1.00 bits per heavy atom. The highest BCUT2D eigenvalue weighted by Crippen LogP contribution is 2.37. The van der Waals surface area contributed by atoms with Crippen LogP contribution in [-0.2, 0) is 4.74 Å². The number of methoxy groups -OCH3 is 1. The summed E-state index contributed by atoms with van der Waals surface area (Å²) in [6.07, 6.45) is 3.07. The van der Waals surface area contributed by atoms with Crippen molar-refractivity contribution in [2.75, 3.05) is 21.0 Å². The van der Waals surface area contributed by atoms with Crippen LogP contribution < -0.4 is 24.8 Å². The molecule has 0 atom stereocenters. The first kappa shape index (κ1) is 23.2. The third-order valence-electron chi connectivity index (χ3n) is 5.84. The molecule has 0 aliphatic heterocycles. The predicted octanol–water partition coefficient (Wildman–Crippen LogP) is 4.77. The van der Waals surface area contributed by atoms with E-state index in [2.05, 4.69) is 15.6 Å². The Morgan fingerprint density at radius 3 is 2.64 bits per heavy atom. The van der Waals surface area contributed by atoms with Crippen molar-refractivity contribution in [1.29, 1.82) is 0 Å². The number of pyridine rings is 1. The number of fused-ring (bicyclic) bond motifs is 2. The minimum absolute atomic E-state index is 0.145. The molecule has 0 unspecified atom stereocenters. The summed E-state index contributed by atoms with van der Waals surface area (Å²) in [6.45, 7) is -0.258. The van der Waals surface area contributed by atoms with E-state index in [4.69, 9.17) is 18.9 Å². The molecule has 0 saturated heterocycles. The number of ether oxygens (including phenoxy) is 4. The Morgan fingerprint density at radius 2 is 1.86 bits per heavy atom. The van der Waals surface area contributed by atoms with Gasteiger partial charge in [0, 0.05) is 36.3 Å². The molecule has 36 heavy (non-hydrogen) atoms. The molecule has 1 aliphatic rings. The predicted molar refractivity (Wildman–Crippen MR) is 134 cm³/mol. The average molecular weight is 488 g/mol. The molecule has 2 amide bonds. The number of rotatable bonds is 8. The zero-order valence-corrected chi connectivity index (χ0v) is 19.9. The molecule has 4 aromatic rings. The average Bonchev–Trinajstić information content (AvgIpc) is 3.71. The van der Waals surface area contributed by atoms with Crippen molar-refractivity contribution < 1.29 is 28.5 Å². The summed E-state index contributed by atoms with van der Waals surface area (Å²) in [5.41, 5.74) is 1.22. The molecule has 0 spiro atoms. The minimum atomic E-state index is -0.510. The summed E-state index contributed by atoms with van der Waals surface area (Å²) in [6, 6.07) is 16.6. The molecule has 1 aromatic heterocycles. The monoisotopic (exact) mass is 487 g/mol. The topological polar surface area (TPSA) is 108 Å². The quantitative estimate of drug-likeness (QED) is 0.345. The van der Waals surface area contributed by atoms with Crippen molar-refractivity contribution in [3.63, 3.8) is 0 Å². The highest BCUT2D eigenvalue weighted by molar-refractivity contribution is 6.07. The zero-order chi connectivity index (χ0) is 25.1. The van der Waals surface area contributed by atoms with Crippen molar-refractivity contribution in [2.24, 2.45) is 0 Å². The molecule has 5 rings (SSSR count). The molecule has 0 radical (unpaired) electrons. The van der Waals surface area contributed by atoms with E-state index in [0.717, 1.165) is 23.6 Å². The number of nitrogens with zero attached hydrogens (tertiary/aromatic N) is 1. The van der Waals surface area contributed by atoms with Gasteiger partial charge in [-0.25, -0.2) is 4.79 Å². The highest BCUT2D eigenvalue weighted by Gasteiger charge is 2.24. The van der Waals surface area contributed by atoms with Gasteiger partial charge in [-0.05, 0) is 60.0 Å². The fourth-order valence-corrected chi connectivity index (χ4v) is 3.86. The number of nitrogens with one attached hydrogen (secondary N) is 2. The van der Waals surface area contributed by atoms with Crippen LogP contribution in [0.25, 0.3) is 21.7 Å². The van der Waals surface area contributed by atoms with Gasteiger partial charge in [0.05, 0.1) is 12.6 Å². The van der Waals surface area contributed by atoms with Crippen molar-refractivity contribution in [3.8, 4) is 23.0 Å². The van der Waals surface area contributed by atoms with Gasteiger partial charge in [0.25, 0.3) is 5.91 Å². The first-order chi connectivity index (χ1) is 17.6. The fraction of sp³-hybridized carbons (Fsp3) is 0.222. The van der Waals surface area contributed by atoms with Gasteiger partial charge in [-0.1, -0.05) is 12.1 Å². The third-order valence-corrected chi connectivity index (χ3v) is 5.84. The second kappa shape index (κ2) is 9.99. The number of benzene rings is 3. The van der Waals surface area contributed by atoms with Crippen LogP contribution in [0.3, 0.4) is 0 Å².